The summed E-state index contributed by atoms with van der Waals surface area (Å²) in [5, 5.41) is 7.36. The van der Waals surface area contributed by atoms with Gasteiger partial charge in [0.15, 0.2) is 5.78 Å². The largest absolute Gasteiger partial charge is 0.497 e. The van der Waals surface area contributed by atoms with E-state index in [0.717, 1.165) is 22.3 Å². The summed E-state index contributed by atoms with van der Waals surface area (Å²) >= 11 is 0. The topological polar surface area (TPSA) is 86.5 Å². The van der Waals surface area contributed by atoms with E-state index in [0.29, 0.717) is 25.9 Å². The first kappa shape index (κ1) is 22.4. The molecule has 1 fully saturated rings. The number of ketones is 1. The van der Waals surface area contributed by atoms with Crippen LogP contribution >= 0.6 is 0 Å². The molecule has 0 saturated carbocycles. The zero-order chi connectivity index (χ0) is 24.0. The van der Waals surface area contributed by atoms with E-state index < -0.39 is 17.9 Å². The number of nitrogens with zero attached hydrogens (tertiary/aromatic N) is 1. The van der Waals surface area contributed by atoms with E-state index in [4.69, 9.17) is 4.74 Å². The van der Waals surface area contributed by atoms with Gasteiger partial charge in [-0.3, -0.25) is 4.79 Å². The van der Waals surface area contributed by atoms with Crippen molar-refractivity contribution >= 4 is 28.4 Å². The van der Waals surface area contributed by atoms with E-state index in [1.165, 1.54) is 24.6 Å². The second kappa shape index (κ2) is 8.43. The summed E-state index contributed by atoms with van der Waals surface area (Å²) in [5.74, 6) is 0.194. The van der Waals surface area contributed by atoms with Crippen LogP contribution in [0.15, 0.2) is 42.5 Å². The van der Waals surface area contributed by atoms with Gasteiger partial charge in [-0.2, -0.15) is 0 Å². The van der Waals surface area contributed by atoms with E-state index in [9.17, 15) is 14.0 Å². The maximum Gasteiger partial charge on any atom is 0.322 e. The molecule has 2 aliphatic heterocycles. The number of carbonyl (C=O) groups is 2. The number of H-pyrrole nitrogens is 1. The zero-order valence-electron chi connectivity index (χ0n) is 19.6. The molecule has 5 rings (SSSR count). The van der Waals surface area contributed by atoms with Crippen LogP contribution < -0.4 is 15.4 Å². The Morgan fingerprint density at radius 1 is 1.24 bits per heavy atom. The summed E-state index contributed by atoms with van der Waals surface area (Å²) in [5.41, 5.74) is 3.13. The number of carbonyl (C=O) groups excluding carboxylic acids is 2. The SMILES string of the molecule is COc1ccc2c3c([nH]c2c1)C(C)NCC31CCN(C(=O)Nc2ccccc2F)[C@H](C(C)=O)C1. The zero-order valence-corrected chi connectivity index (χ0v) is 19.6. The van der Waals surface area contributed by atoms with Gasteiger partial charge < -0.3 is 25.3 Å². The molecular formula is C26H29FN4O3. The van der Waals surface area contributed by atoms with E-state index >= 15 is 0 Å². The van der Waals surface area contributed by atoms with E-state index in [1.807, 2.05) is 12.1 Å². The van der Waals surface area contributed by atoms with Gasteiger partial charge in [-0.1, -0.05) is 12.1 Å². The average Bonchev–Trinajstić information content (AvgIpc) is 3.23. The summed E-state index contributed by atoms with van der Waals surface area (Å²) in [6.07, 6.45) is 1.19. The van der Waals surface area contributed by atoms with Gasteiger partial charge in [0.05, 0.1) is 18.8 Å². The number of fused-ring (bicyclic) bond motifs is 4. The van der Waals surface area contributed by atoms with Crippen LogP contribution in [-0.2, 0) is 10.2 Å². The third-order valence-corrected chi connectivity index (χ3v) is 7.38. The lowest BCUT2D eigenvalue weighted by atomic mass is 9.66. The number of Topliss-reactive ketones (excluding diaryl/α,β-unsaturated/α-hetero) is 1. The highest BCUT2D eigenvalue weighted by Gasteiger charge is 2.48. The number of hydrogen-bond donors (Lipinski definition) is 3. The fourth-order valence-electron chi connectivity index (χ4n) is 5.58. The molecule has 0 bridgehead atoms. The molecule has 1 spiro atoms. The normalized spacial score (nSPS) is 24.2. The van der Waals surface area contributed by atoms with Gasteiger partial charge in [0.25, 0.3) is 0 Å². The molecule has 178 valence electrons. The predicted octanol–water partition coefficient (Wildman–Crippen LogP) is 4.50. The molecule has 0 radical (unpaired) electrons. The molecule has 34 heavy (non-hydrogen) atoms. The van der Waals surface area contributed by atoms with Crippen molar-refractivity contribution in [3.8, 4) is 5.75 Å². The lowest BCUT2D eigenvalue weighted by Crippen LogP contribution is -2.59. The molecule has 8 heteroatoms. The van der Waals surface area contributed by atoms with Gasteiger partial charge in [-0.25, -0.2) is 9.18 Å². The summed E-state index contributed by atoms with van der Waals surface area (Å²) in [6, 6.07) is 11.1. The first-order valence-electron chi connectivity index (χ1n) is 11.6. The minimum Gasteiger partial charge on any atom is -0.497 e. The Kier molecular flexibility index (Phi) is 5.56. The van der Waals surface area contributed by atoms with Gasteiger partial charge in [-0.15, -0.1) is 0 Å². The third-order valence-electron chi connectivity index (χ3n) is 7.38. The molecule has 3 heterocycles. The minimum absolute atomic E-state index is 0.0792. The Labute approximate surface area is 197 Å². The van der Waals surface area contributed by atoms with Crippen LogP contribution in [0.2, 0.25) is 0 Å². The highest BCUT2D eigenvalue weighted by molar-refractivity contribution is 5.94. The number of nitrogens with one attached hydrogen (secondary N) is 3. The molecule has 3 aromatic rings. The molecule has 2 aromatic carbocycles. The lowest BCUT2D eigenvalue weighted by Gasteiger charge is -2.49. The number of halogens is 1. The summed E-state index contributed by atoms with van der Waals surface area (Å²) in [6.45, 7) is 4.75. The fourth-order valence-corrected chi connectivity index (χ4v) is 5.58. The maximum absolute atomic E-state index is 14.1. The number of benzene rings is 2. The number of aromatic amines is 1. The minimum atomic E-state index is -0.605. The van der Waals surface area contributed by atoms with Gasteiger partial charge in [-0.05, 0) is 56.5 Å². The number of aromatic nitrogens is 1. The Bertz CT molecular complexity index is 1270. The number of urea groups is 1. The van der Waals surface area contributed by atoms with Crippen molar-refractivity contribution in [1.82, 2.24) is 15.2 Å². The number of para-hydroxylation sites is 1. The van der Waals surface area contributed by atoms with E-state index in [2.05, 4.69) is 28.6 Å². The molecule has 2 aliphatic rings. The smallest absolute Gasteiger partial charge is 0.322 e. The molecular weight excluding hydrogens is 435 g/mol. The molecule has 1 aromatic heterocycles. The molecule has 3 N–H and O–H groups in total. The Morgan fingerprint density at radius 3 is 2.76 bits per heavy atom. The number of hydrogen-bond acceptors (Lipinski definition) is 4. The molecule has 2 unspecified atom stereocenters. The second-order valence-corrected chi connectivity index (χ2v) is 9.39. The van der Waals surface area contributed by atoms with Gasteiger partial charge in [0, 0.05) is 47.2 Å². The summed E-state index contributed by atoms with van der Waals surface area (Å²) in [7, 11) is 1.65. The monoisotopic (exact) mass is 464 g/mol. The third kappa shape index (κ3) is 3.62. The average molecular weight is 465 g/mol. The number of amides is 2. The van der Waals surface area contributed by atoms with Crippen LogP contribution in [0, 0.1) is 5.82 Å². The standard InChI is InChI=1S/C26H29FN4O3/c1-15-24-23(18-9-8-17(34-3)12-21(18)29-24)26(14-28-15)10-11-31(22(13-26)16(2)32)25(33)30-20-7-5-4-6-19(20)27/h4-9,12,15,22,28-29H,10-11,13-14H2,1-3H3,(H,30,33)/t15?,22-,26?/m0/s1. The second-order valence-electron chi connectivity index (χ2n) is 9.39. The highest BCUT2D eigenvalue weighted by Crippen LogP contribution is 2.47. The first-order chi connectivity index (χ1) is 16.3. The van der Waals surface area contributed by atoms with Crippen LogP contribution in [0.4, 0.5) is 14.9 Å². The van der Waals surface area contributed by atoms with Crippen LogP contribution in [0.25, 0.3) is 10.9 Å². The number of likely N-dealkylation sites (tertiary alicyclic amines) is 1. The maximum atomic E-state index is 14.1. The van der Waals surface area contributed by atoms with Crippen molar-refractivity contribution in [2.24, 2.45) is 0 Å². The van der Waals surface area contributed by atoms with Crippen molar-refractivity contribution in [2.45, 2.75) is 44.2 Å². The number of anilines is 1. The number of piperidine rings is 1. The number of rotatable bonds is 3. The van der Waals surface area contributed by atoms with Crippen molar-refractivity contribution in [1.29, 1.82) is 0 Å². The summed E-state index contributed by atoms with van der Waals surface area (Å²) in [4.78, 5) is 31.0. The van der Waals surface area contributed by atoms with Gasteiger partial charge in [0.1, 0.15) is 11.6 Å². The van der Waals surface area contributed by atoms with Crippen molar-refractivity contribution < 1.29 is 18.7 Å². The molecule has 0 aliphatic carbocycles. The Hall–Kier alpha value is -3.39. The molecule has 3 atom stereocenters. The summed E-state index contributed by atoms with van der Waals surface area (Å²) < 4.78 is 19.5. The van der Waals surface area contributed by atoms with Gasteiger partial charge in [0.2, 0.25) is 0 Å². The van der Waals surface area contributed by atoms with Crippen molar-refractivity contribution in [3.05, 3.63) is 59.5 Å². The highest BCUT2D eigenvalue weighted by atomic mass is 19.1. The number of methoxy groups -OCH3 is 1. The van der Waals surface area contributed by atoms with Crippen LogP contribution in [-0.4, -0.2) is 47.9 Å². The van der Waals surface area contributed by atoms with Gasteiger partial charge >= 0.3 is 6.03 Å². The van der Waals surface area contributed by atoms with Crippen LogP contribution in [0.5, 0.6) is 5.75 Å². The molecule has 7 nitrogen and oxygen atoms in total. The van der Waals surface area contributed by atoms with Crippen LogP contribution in [0.1, 0.15) is 44.0 Å². The molecule has 1 saturated heterocycles. The predicted molar refractivity (Wildman–Crippen MR) is 129 cm³/mol. The van der Waals surface area contributed by atoms with Crippen LogP contribution in [0.3, 0.4) is 0 Å². The van der Waals surface area contributed by atoms with Crippen molar-refractivity contribution in [2.75, 3.05) is 25.5 Å². The quantitative estimate of drug-likeness (QED) is 0.533. The van der Waals surface area contributed by atoms with E-state index in [-0.39, 0.29) is 22.9 Å². The Morgan fingerprint density at radius 2 is 2.03 bits per heavy atom. The molecule has 2 amide bonds. The fraction of sp³-hybridized carbons (Fsp3) is 0.385. The van der Waals surface area contributed by atoms with Crippen molar-refractivity contribution in [3.63, 3.8) is 0 Å². The first-order valence-corrected chi connectivity index (χ1v) is 11.6. The van der Waals surface area contributed by atoms with E-state index in [1.54, 1.807) is 24.1 Å². The lowest BCUT2D eigenvalue weighted by molar-refractivity contribution is -0.123. The Balaban J connectivity index is 1.50. The number of ether oxygens (including phenoxy) is 1.